The lowest BCUT2D eigenvalue weighted by atomic mass is 9.72. The van der Waals surface area contributed by atoms with Gasteiger partial charge < -0.3 is 4.57 Å². The topological polar surface area (TPSA) is 17.8 Å². The summed E-state index contributed by atoms with van der Waals surface area (Å²) in [6.45, 7) is 0. The van der Waals surface area contributed by atoms with Crippen molar-refractivity contribution in [3.63, 3.8) is 0 Å². The van der Waals surface area contributed by atoms with E-state index in [-0.39, 0.29) is 0 Å². The van der Waals surface area contributed by atoms with E-state index in [1.165, 1.54) is 30.7 Å². The third-order valence-corrected chi connectivity index (χ3v) is 4.46. The van der Waals surface area contributed by atoms with E-state index < -0.39 is 0 Å². The third-order valence-electron chi connectivity index (χ3n) is 3.97. The Balaban J connectivity index is 2.03. The fourth-order valence-electron chi connectivity index (χ4n) is 2.78. The van der Waals surface area contributed by atoms with Gasteiger partial charge in [0, 0.05) is 29.8 Å². The van der Waals surface area contributed by atoms with Gasteiger partial charge in [-0.05, 0) is 36.5 Å². The van der Waals surface area contributed by atoms with Crippen molar-refractivity contribution in [2.24, 2.45) is 13.0 Å². The first-order chi connectivity index (χ1) is 8.75. The van der Waals surface area contributed by atoms with Gasteiger partial charge in [-0.25, -0.2) is 4.98 Å². The number of aryl methyl sites for hydroxylation is 1. The molecule has 0 spiro atoms. The van der Waals surface area contributed by atoms with Crippen molar-refractivity contribution >= 4 is 15.9 Å². The van der Waals surface area contributed by atoms with E-state index in [2.05, 4.69) is 56.8 Å². The van der Waals surface area contributed by atoms with Crippen LogP contribution in [0.3, 0.4) is 0 Å². The summed E-state index contributed by atoms with van der Waals surface area (Å²) >= 11 is 3.57. The lowest BCUT2D eigenvalue weighted by Gasteiger charge is -2.33. The highest BCUT2D eigenvalue weighted by atomic mass is 79.9. The van der Waals surface area contributed by atoms with Crippen molar-refractivity contribution in [1.29, 1.82) is 0 Å². The minimum atomic E-state index is 0.441. The first-order valence-corrected chi connectivity index (χ1v) is 7.27. The quantitative estimate of drug-likeness (QED) is 0.834. The van der Waals surface area contributed by atoms with Crippen LogP contribution in [0.1, 0.15) is 36.6 Å². The zero-order valence-corrected chi connectivity index (χ0v) is 12.1. The summed E-state index contributed by atoms with van der Waals surface area (Å²) in [5.41, 5.74) is 1.38. The molecule has 2 aromatic rings. The molecule has 1 saturated carbocycles. The van der Waals surface area contributed by atoms with Gasteiger partial charge in [-0.3, -0.25) is 0 Å². The maximum Gasteiger partial charge on any atom is 0.116 e. The number of imidazole rings is 1. The average molecular weight is 305 g/mol. The lowest BCUT2D eigenvalue weighted by Crippen LogP contribution is -2.23. The van der Waals surface area contributed by atoms with Crippen LogP contribution < -0.4 is 0 Å². The zero-order valence-electron chi connectivity index (χ0n) is 10.5. The highest BCUT2D eigenvalue weighted by Gasteiger charge is 2.32. The number of rotatable bonds is 3. The van der Waals surface area contributed by atoms with Gasteiger partial charge in [0.05, 0.1) is 0 Å². The number of halogens is 1. The Labute approximate surface area is 116 Å². The molecule has 0 radical (unpaired) electrons. The van der Waals surface area contributed by atoms with E-state index in [0.717, 1.165) is 10.4 Å². The fourth-order valence-corrected chi connectivity index (χ4v) is 3.20. The Morgan fingerprint density at radius 2 is 2.22 bits per heavy atom. The Hall–Kier alpha value is -1.09. The first kappa shape index (κ1) is 12.0. The molecule has 1 atom stereocenters. The average Bonchev–Trinajstić information content (AvgIpc) is 2.69. The van der Waals surface area contributed by atoms with E-state index in [4.69, 9.17) is 0 Å². The van der Waals surface area contributed by atoms with Gasteiger partial charge in [-0.2, -0.15) is 0 Å². The molecule has 1 aromatic heterocycles. The summed E-state index contributed by atoms with van der Waals surface area (Å²) in [6.07, 6.45) is 7.95. The van der Waals surface area contributed by atoms with Crippen LogP contribution in [0.2, 0.25) is 0 Å². The molecule has 1 fully saturated rings. The van der Waals surface area contributed by atoms with Crippen molar-refractivity contribution in [1.82, 2.24) is 9.55 Å². The predicted octanol–water partition coefficient (Wildman–Crippen LogP) is 4.11. The predicted molar refractivity (Wildman–Crippen MR) is 76.5 cm³/mol. The monoisotopic (exact) mass is 304 g/mol. The number of nitrogens with zero attached hydrogens (tertiary/aromatic N) is 2. The molecule has 0 bridgehead atoms. The summed E-state index contributed by atoms with van der Waals surface area (Å²) in [4.78, 5) is 4.57. The van der Waals surface area contributed by atoms with E-state index in [1.54, 1.807) is 0 Å². The zero-order chi connectivity index (χ0) is 12.5. The summed E-state index contributed by atoms with van der Waals surface area (Å²) in [6, 6.07) is 8.66. The van der Waals surface area contributed by atoms with Crippen LogP contribution >= 0.6 is 15.9 Å². The molecule has 18 heavy (non-hydrogen) atoms. The van der Waals surface area contributed by atoms with Crippen LogP contribution in [0.4, 0.5) is 0 Å². The van der Waals surface area contributed by atoms with E-state index in [9.17, 15) is 0 Å². The van der Waals surface area contributed by atoms with E-state index in [1.807, 2.05) is 12.4 Å². The van der Waals surface area contributed by atoms with Gasteiger partial charge >= 0.3 is 0 Å². The fraction of sp³-hybridized carbons (Fsp3) is 0.400. The molecule has 1 heterocycles. The van der Waals surface area contributed by atoms with Crippen LogP contribution in [0.25, 0.3) is 0 Å². The second kappa shape index (κ2) is 4.88. The van der Waals surface area contributed by atoms with Gasteiger partial charge in [0.1, 0.15) is 5.82 Å². The molecule has 3 heteroatoms. The van der Waals surface area contributed by atoms with E-state index >= 15 is 0 Å². The van der Waals surface area contributed by atoms with Crippen LogP contribution in [0.15, 0.2) is 41.1 Å². The van der Waals surface area contributed by atoms with E-state index in [0.29, 0.717) is 5.92 Å². The molecular formula is C15H17BrN2. The lowest BCUT2D eigenvalue weighted by molar-refractivity contribution is 0.275. The molecule has 1 aliphatic carbocycles. The van der Waals surface area contributed by atoms with Crippen molar-refractivity contribution in [3.8, 4) is 0 Å². The maximum absolute atomic E-state index is 4.57. The Bertz CT molecular complexity index is 543. The van der Waals surface area contributed by atoms with Crippen molar-refractivity contribution in [2.45, 2.75) is 25.2 Å². The largest absolute Gasteiger partial charge is 0.337 e. The van der Waals surface area contributed by atoms with Crippen LogP contribution in [0.5, 0.6) is 0 Å². The summed E-state index contributed by atoms with van der Waals surface area (Å²) in [5, 5.41) is 0. The Morgan fingerprint density at radius 3 is 2.78 bits per heavy atom. The summed E-state index contributed by atoms with van der Waals surface area (Å²) in [5.74, 6) is 2.38. The number of benzene rings is 1. The summed E-state index contributed by atoms with van der Waals surface area (Å²) < 4.78 is 3.31. The second-order valence-corrected chi connectivity index (χ2v) is 6.04. The molecule has 0 amide bonds. The number of hydrogen-bond donors (Lipinski definition) is 0. The van der Waals surface area contributed by atoms with Crippen molar-refractivity contribution < 1.29 is 0 Å². The standard InChI is InChI=1S/C15H17BrN2/c1-18-9-8-17-15(18)14(11-4-2-5-11)12-6-3-7-13(16)10-12/h3,6-11,14H,2,4-5H2,1H3/t14-/m0/s1. The highest BCUT2D eigenvalue weighted by Crippen LogP contribution is 2.42. The van der Waals surface area contributed by atoms with Crippen LogP contribution in [-0.4, -0.2) is 9.55 Å². The van der Waals surface area contributed by atoms with Gasteiger partial charge in [-0.1, -0.05) is 34.5 Å². The highest BCUT2D eigenvalue weighted by molar-refractivity contribution is 9.10. The van der Waals surface area contributed by atoms with Crippen LogP contribution in [0, 0.1) is 5.92 Å². The Morgan fingerprint density at radius 1 is 1.39 bits per heavy atom. The van der Waals surface area contributed by atoms with Gasteiger partial charge in [0.25, 0.3) is 0 Å². The SMILES string of the molecule is Cn1ccnc1[C@H](c1cccc(Br)c1)C1CCC1. The molecule has 0 aliphatic heterocycles. The second-order valence-electron chi connectivity index (χ2n) is 5.12. The van der Waals surface area contributed by atoms with Crippen molar-refractivity contribution in [3.05, 3.63) is 52.5 Å². The minimum Gasteiger partial charge on any atom is -0.337 e. The third kappa shape index (κ3) is 2.12. The smallest absolute Gasteiger partial charge is 0.116 e. The minimum absolute atomic E-state index is 0.441. The normalized spacial score (nSPS) is 17.4. The molecule has 0 unspecified atom stereocenters. The number of hydrogen-bond acceptors (Lipinski definition) is 1. The molecular weight excluding hydrogens is 288 g/mol. The van der Waals surface area contributed by atoms with Crippen LogP contribution in [-0.2, 0) is 7.05 Å². The molecule has 94 valence electrons. The maximum atomic E-state index is 4.57. The summed E-state index contributed by atoms with van der Waals surface area (Å²) in [7, 11) is 2.09. The molecule has 1 aromatic carbocycles. The van der Waals surface area contributed by atoms with Gasteiger partial charge in [0.15, 0.2) is 0 Å². The van der Waals surface area contributed by atoms with Gasteiger partial charge in [0.2, 0.25) is 0 Å². The van der Waals surface area contributed by atoms with Crippen molar-refractivity contribution in [2.75, 3.05) is 0 Å². The first-order valence-electron chi connectivity index (χ1n) is 6.48. The number of aromatic nitrogens is 2. The van der Waals surface area contributed by atoms with Gasteiger partial charge in [-0.15, -0.1) is 0 Å². The molecule has 3 rings (SSSR count). The molecule has 0 saturated heterocycles. The molecule has 1 aliphatic rings. The Kier molecular flexibility index (Phi) is 3.25. The molecule has 0 N–H and O–H groups in total. The molecule has 2 nitrogen and oxygen atoms in total.